The molecule has 0 radical (unpaired) electrons. The third-order valence-corrected chi connectivity index (χ3v) is 4.81. The second kappa shape index (κ2) is 10.9. The van der Waals surface area contributed by atoms with Gasteiger partial charge in [-0.3, -0.25) is 0 Å². The van der Waals surface area contributed by atoms with Gasteiger partial charge in [-0.05, 0) is 23.6 Å². The predicted molar refractivity (Wildman–Crippen MR) is 105 cm³/mol. The van der Waals surface area contributed by atoms with Crippen molar-refractivity contribution in [2.24, 2.45) is 0 Å². The lowest BCUT2D eigenvalue weighted by Crippen LogP contribution is -2.29. The van der Waals surface area contributed by atoms with Crippen molar-refractivity contribution in [2.45, 2.75) is 70.3 Å². The van der Waals surface area contributed by atoms with E-state index in [-0.39, 0.29) is 0 Å². The second-order valence-corrected chi connectivity index (χ2v) is 6.89. The summed E-state index contributed by atoms with van der Waals surface area (Å²) < 4.78 is 5.96. The minimum absolute atomic E-state index is 0.626. The van der Waals surface area contributed by atoms with Crippen LogP contribution in [0, 0.1) is 11.3 Å². The van der Waals surface area contributed by atoms with Crippen molar-refractivity contribution in [3.8, 4) is 6.07 Å². The van der Waals surface area contributed by atoms with Crippen molar-refractivity contribution in [3.05, 3.63) is 54.1 Å². The molecule has 0 bridgehead atoms. The highest BCUT2D eigenvalue weighted by Crippen LogP contribution is 2.29. The number of rotatable bonds is 11. The number of unbranched alkanes of at least 4 members (excludes halogenated alkanes) is 7. The maximum absolute atomic E-state index is 9.57. The van der Waals surface area contributed by atoms with Gasteiger partial charge in [-0.15, -0.1) is 0 Å². The van der Waals surface area contributed by atoms with Crippen LogP contribution in [-0.4, -0.2) is 12.2 Å². The summed E-state index contributed by atoms with van der Waals surface area (Å²) in [6.07, 6.45) is 16.9. The predicted octanol–water partition coefficient (Wildman–Crippen LogP) is 6.45. The Morgan fingerprint density at radius 1 is 1.00 bits per heavy atom. The number of benzene rings is 1. The lowest BCUT2D eigenvalue weighted by Gasteiger charge is -2.25. The number of nitriles is 1. The summed E-state index contributed by atoms with van der Waals surface area (Å²) in [4.78, 5) is 0. The van der Waals surface area contributed by atoms with Crippen molar-refractivity contribution >= 4 is 5.57 Å². The molecule has 2 nitrogen and oxygen atoms in total. The Morgan fingerprint density at radius 3 is 2.28 bits per heavy atom. The fourth-order valence-electron chi connectivity index (χ4n) is 3.18. The highest BCUT2D eigenvalue weighted by molar-refractivity contribution is 5.75. The molecule has 0 saturated heterocycles. The van der Waals surface area contributed by atoms with Crippen molar-refractivity contribution in [3.63, 3.8) is 0 Å². The van der Waals surface area contributed by atoms with E-state index in [4.69, 9.17) is 4.74 Å². The van der Waals surface area contributed by atoms with Gasteiger partial charge in [0.15, 0.2) is 5.60 Å². The van der Waals surface area contributed by atoms with E-state index < -0.39 is 5.60 Å². The van der Waals surface area contributed by atoms with Gasteiger partial charge in [0.1, 0.15) is 6.07 Å². The van der Waals surface area contributed by atoms with E-state index in [1.54, 1.807) is 0 Å². The van der Waals surface area contributed by atoms with E-state index in [1.807, 2.05) is 30.4 Å². The van der Waals surface area contributed by atoms with Crippen LogP contribution in [0.2, 0.25) is 0 Å². The minimum atomic E-state index is -0.778. The Kier molecular flexibility index (Phi) is 8.49. The van der Waals surface area contributed by atoms with Crippen molar-refractivity contribution in [2.75, 3.05) is 6.61 Å². The number of allylic oxidation sites excluding steroid dienone is 2. The topological polar surface area (TPSA) is 33.0 Å². The number of hydrogen-bond donors (Lipinski definition) is 0. The molecule has 2 heteroatoms. The Morgan fingerprint density at radius 2 is 1.68 bits per heavy atom. The van der Waals surface area contributed by atoms with Crippen LogP contribution in [-0.2, 0) is 4.74 Å². The summed E-state index contributed by atoms with van der Waals surface area (Å²) in [5, 5.41) is 9.57. The van der Waals surface area contributed by atoms with Crippen molar-refractivity contribution in [1.82, 2.24) is 0 Å². The largest absolute Gasteiger partial charge is 0.356 e. The molecule has 25 heavy (non-hydrogen) atoms. The summed E-state index contributed by atoms with van der Waals surface area (Å²) in [5.74, 6) is 0. The van der Waals surface area contributed by atoms with E-state index in [0.717, 1.165) is 6.42 Å². The van der Waals surface area contributed by atoms with Gasteiger partial charge in [-0.25, -0.2) is 0 Å². The molecule has 0 N–H and O–H groups in total. The number of ether oxygens (including phenoxy) is 1. The molecule has 0 fully saturated rings. The zero-order chi connectivity index (χ0) is 17.8. The van der Waals surface area contributed by atoms with E-state index >= 15 is 0 Å². The Bertz CT molecular complexity index is 596. The molecule has 1 aromatic rings. The normalized spacial score (nSPS) is 19.4. The molecule has 0 spiro atoms. The van der Waals surface area contributed by atoms with Crippen LogP contribution in [0.4, 0.5) is 0 Å². The fraction of sp³-hybridized carbons (Fsp3) is 0.522. The molecule has 2 rings (SSSR count). The zero-order valence-corrected chi connectivity index (χ0v) is 15.5. The molecule has 1 aromatic carbocycles. The first-order valence-corrected chi connectivity index (χ1v) is 9.80. The van der Waals surface area contributed by atoms with Crippen LogP contribution in [0.1, 0.15) is 70.3 Å². The molecule has 1 aliphatic carbocycles. The van der Waals surface area contributed by atoms with Crippen LogP contribution < -0.4 is 0 Å². The number of hydrogen-bond acceptors (Lipinski definition) is 2. The molecule has 0 saturated carbocycles. The van der Waals surface area contributed by atoms with Gasteiger partial charge in [0.05, 0.1) is 0 Å². The van der Waals surface area contributed by atoms with Crippen LogP contribution in [0.15, 0.2) is 48.6 Å². The standard InChI is InChI=1S/C23H31NO/c1-2-3-4-5-6-7-8-12-19-25-23(20-24)17-15-22(16-18-23)21-13-10-9-11-14-21/h9-11,13-17H,2-8,12,18-19H2,1H3. The quantitative estimate of drug-likeness (QED) is 0.435. The molecule has 0 heterocycles. The summed E-state index contributed by atoms with van der Waals surface area (Å²) in [6.45, 7) is 2.92. The smallest absolute Gasteiger partial charge is 0.176 e. The fourth-order valence-corrected chi connectivity index (χ4v) is 3.18. The van der Waals surface area contributed by atoms with Gasteiger partial charge in [-0.1, -0.05) is 94.4 Å². The SMILES string of the molecule is CCCCCCCCCCOC1(C#N)C=CC(c2ccccc2)=CC1. The zero-order valence-electron chi connectivity index (χ0n) is 15.5. The summed E-state index contributed by atoms with van der Waals surface area (Å²) in [5.41, 5.74) is 1.58. The maximum atomic E-state index is 9.57. The first-order chi connectivity index (χ1) is 12.3. The molecule has 0 amide bonds. The van der Waals surface area contributed by atoms with Crippen molar-refractivity contribution in [1.29, 1.82) is 5.26 Å². The highest BCUT2D eigenvalue weighted by Gasteiger charge is 2.29. The molecule has 1 atom stereocenters. The first kappa shape index (κ1) is 19.5. The van der Waals surface area contributed by atoms with Crippen LogP contribution in [0.5, 0.6) is 0 Å². The molecular weight excluding hydrogens is 306 g/mol. The molecule has 1 aliphatic rings. The Hall–Kier alpha value is -1.85. The maximum Gasteiger partial charge on any atom is 0.176 e. The molecule has 0 aliphatic heterocycles. The Labute approximate surface area is 153 Å². The van der Waals surface area contributed by atoms with Gasteiger partial charge >= 0.3 is 0 Å². The van der Waals surface area contributed by atoms with Gasteiger partial charge < -0.3 is 4.74 Å². The van der Waals surface area contributed by atoms with E-state index in [2.05, 4.69) is 31.2 Å². The average Bonchev–Trinajstić information content (AvgIpc) is 2.68. The van der Waals surface area contributed by atoms with Crippen LogP contribution >= 0.6 is 0 Å². The van der Waals surface area contributed by atoms with Crippen molar-refractivity contribution < 1.29 is 4.74 Å². The lowest BCUT2D eigenvalue weighted by atomic mass is 9.90. The lowest BCUT2D eigenvalue weighted by molar-refractivity contribution is 0.0323. The minimum Gasteiger partial charge on any atom is -0.356 e. The molecule has 0 aromatic heterocycles. The number of nitrogens with zero attached hydrogens (tertiary/aromatic N) is 1. The van der Waals surface area contributed by atoms with Crippen LogP contribution in [0.25, 0.3) is 5.57 Å². The van der Waals surface area contributed by atoms with Gasteiger partial charge in [0.2, 0.25) is 0 Å². The van der Waals surface area contributed by atoms with E-state index in [0.29, 0.717) is 13.0 Å². The summed E-state index contributed by atoms with van der Waals surface area (Å²) in [6, 6.07) is 12.6. The van der Waals surface area contributed by atoms with E-state index in [1.165, 1.54) is 56.1 Å². The van der Waals surface area contributed by atoms with Gasteiger partial charge in [-0.2, -0.15) is 5.26 Å². The summed E-state index contributed by atoms with van der Waals surface area (Å²) >= 11 is 0. The van der Waals surface area contributed by atoms with E-state index in [9.17, 15) is 5.26 Å². The third-order valence-electron chi connectivity index (χ3n) is 4.81. The molecule has 1 unspecified atom stereocenters. The van der Waals surface area contributed by atoms with Gasteiger partial charge in [0.25, 0.3) is 0 Å². The highest BCUT2D eigenvalue weighted by atomic mass is 16.5. The molecule has 134 valence electrons. The third kappa shape index (κ3) is 6.52. The van der Waals surface area contributed by atoms with Crippen LogP contribution in [0.3, 0.4) is 0 Å². The first-order valence-electron chi connectivity index (χ1n) is 9.80. The monoisotopic (exact) mass is 337 g/mol. The molecular formula is C23H31NO. The second-order valence-electron chi connectivity index (χ2n) is 6.89. The Balaban J connectivity index is 1.68. The van der Waals surface area contributed by atoms with Gasteiger partial charge in [0, 0.05) is 13.0 Å². The average molecular weight is 338 g/mol. The summed E-state index contributed by atoms with van der Waals surface area (Å²) in [7, 11) is 0.